The number of aromatic nitrogens is 2. The van der Waals surface area contributed by atoms with E-state index in [0.717, 1.165) is 6.07 Å². The lowest BCUT2D eigenvalue weighted by atomic mass is 10.2. The summed E-state index contributed by atoms with van der Waals surface area (Å²) in [5.74, 6) is -1.19. The van der Waals surface area contributed by atoms with Crippen molar-refractivity contribution < 1.29 is 8.78 Å². The van der Waals surface area contributed by atoms with Crippen LogP contribution in [-0.2, 0) is 6.54 Å². The summed E-state index contributed by atoms with van der Waals surface area (Å²) in [6, 6.07) is 2.71. The van der Waals surface area contributed by atoms with Crippen molar-refractivity contribution in [3.05, 3.63) is 29.6 Å². The lowest BCUT2D eigenvalue weighted by Crippen LogP contribution is -2.30. The summed E-state index contributed by atoms with van der Waals surface area (Å²) in [5, 5.41) is -0.376. The van der Waals surface area contributed by atoms with Gasteiger partial charge in [0.2, 0.25) is 0 Å². The molecule has 0 amide bonds. The van der Waals surface area contributed by atoms with E-state index < -0.39 is 11.6 Å². The molecule has 1 heterocycles. The molecule has 0 saturated heterocycles. The Labute approximate surface area is 122 Å². The Morgan fingerprint density at radius 2 is 1.95 bits per heavy atom. The van der Waals surface area contributed by atoms with Crippen molar-refractivity contribution in [2.45, 2.75) is 31.8 Å². The highest BCUT2D eigenvalue weighted by Crippen LogP contribution is 2.28. The Morgan fingerprint density at radius 3 is 2.50 bits per heavy atom. The number of alkyl halides is 1. The van der Waals surface area contributed by atoms with Crippen molar-refractivity contribution in [1.82, 2.24) is 14.5 Å². The number of halogens is 3. The maximum absolute atomic E-state index is 14.1. The second-order valence-corrected chi connectivity index (χ2v) is 5.89. The highest BCUT2D eigenvalue weighted by Gasteiger charge is 2.21. The summed E-state index contributed by atoms with van der Waals surface area (Å²) < 4.78 is 29.2. The molecule has 1 aromatic carbocycles. The molecule has 0 fully saturated rings. The zero-order valence-electron chi connectivity index (χ0n) is 12.0. The highest BCUT2D eigenvalue weighted by atomic mass is 35.5. The summed E-state index contributed by atoms with van der Waals surface area (Å²) in [7, 11) is 3.87. The summed E-state index contributed by atoms with van der Waals surface area (Å²) >= 11 is 6.12. The topological polar surface area (TPSA) is 21.1 Å². The van der Waals surface area contributed by atoms with Crippen molar-refractivity contribution in [1.29, 1.82) is 0 Å². The second kappa shape index (κ2) is 5.66. The molecular weight excluding hydrogens is 284 g/mol. The number of hydrogen-bond donors (Lipinski definition) is 0. The zero-order valence-corrected chi connectivity index (χ0v) is 12.7. The average Bonchev–Trinajstić information content (AvgIpc) is 2.73. The van der Waals surface area contributed by atoms with Gasteiger partial charge in [-0.15, -0.1) is 11.6 Å². The molecule has 2 aromatic rings. The Bertz CT molecular complexity index is 622. The minimum Gasteiger partial charge on any atom is -0.323 e. The number of fused-ring (bicyclic) bond motifs is 1. The minimum atomic E-state index is -0.871. The molecule has 20 heavy (non-hydrogen) atoms. The van der Waals surface area contributed by atoms with E-state index in [0.29, 0.717) is 17.9 Å². The third kappa shape index (κ3) is 2.65. The number of rotatable bonds is 4. The fourth-order valence-electron chi connectivity index (χ4n) is 2.09. The van der Waals surface area contributed by atoms with E-state index >= 15 is 0 Å². The van der Waals surface area contributed by atoms with Gasteiger partial charge in [0, 0.05) is 12.6 Å². The normalized spacial score (nSPS) is 15.0. The summed E-state index contributed by atoms with van der Waals surface area (Å²) in [6.07, 6.45) is 0. The van der Waals surface area contributed by atoms with Crippen LogP contribution in [0.4, 0.5) is 8.78 Å². The second-order valence-electron chi connectivity index (χ2n) is 5.24. The first-order chi connectivity index (χ1) is 9.32. The Morgan fingerprint density at radius 1 is 1.30 bits per heavy atom. The van der Waals surface area contributed by atoms with Crippen molar-refractivity contribution >= 4 is 22.6 Å². The van der Waals surface area contributed by atoms with Crippen LogP contribution in [-0.4, -0.2) is 34.6 Å². The number of hydrogen-bond acceptors (Lipinski definition) is 2. The van der Waals surface area contributed by atoms with Gasteiger partial charge in [-0.3, -0.25) is 0 Å². The molecule has 0 bridgehead atoms. The average molecular weight is 302 g/mol. The molecule has 2 unspecified atom stereocenters. The minimum absolute atomic E-state index is 0.143. The van der Waals surface area contributed by atoms with E-state index in [2.05, 4.69) is 4.98 Å². The van der Waals surface area contributed by atoms with Gasteiger partial charge >= 0.3 is 0 Å². The molecule has 6 heteroatoms. The molecule has 0 aliphatic heterocycles. The first-order valence-corrected chi connectivity index (χ1v) is 6.91. The lowest BCUT2D eigenvalue weighted by molar-refractivity contribution is 0.283. The van der Waals surface area contributed by atoms with Crippen LogP contribution >= 0.6 is 11.6 Å². The van der Waals surface area contributed by atoms with Crippen LogP contribution < -0.4 is 0 Å². The molecule has 3 nitrogen and oxygen atoms in total. The van der Waals surface area contributed by atoms with Gasteiger partial charge in [0.15, 0.2) is 11.6 Å². The van der Waals surface area contributed by atoms with Crippen LogP contribution in [0.2, 0.25) is 0 Å². The molecule has 2 rings (SSSR count). The molecule has 0 aliphatic rings. The zero-order chi connectivity index (χ0) is 15.0. The molecular formula is C14H18ClF2N3. The van der Waals surface area contributed by atoms with Crippen LogP contribution in [0.15, 0.2) is 12.1 Å². The third-order valence-electron chi connectivity index (χ3n) is 3.51. The Hall–Kier alpha value is -1.20. The highest BCUT2D eigenvalue weighted by molar-refractivity contribution is 6.20. The molecule has 1 aromatic heterocycles. The lowest BCUT2D eigenvalue weighted by Gasteiger charge is -2.22. The monoisotopic (exact) mass is 301 g/mol. The SMILES string of the molecule is CC(Cl)c1nc2ccc(F)c(F)c2n1CC(C)N(C)C. The molecule has 2 atom stereocenters. The van der Waals surface area contributed by atoms with Gasteiger partial charge in [-0.1, -0.05) is 0 Å². The van der Waals surface area contributed by atoms with Gasteiger partial charge in [-0.2, -0.15) is 0 Å². The smallest absolute Gasteiger partial charge is 0.184 e. The summed E-state index contributed by atoms with van der Waals surface area (Å²) in [4.78, 5) is 6.34. The van der Waals surface area contributed by atoms with Crippen LogP contribution in [0.3, 0.4) is 0 Å². The summed E-state index contributed by atoms with van der Waals surface area (Å²) in [5.41, 5.74) is 0.610. The number of likely N-dealkylation sites (N-methyl/N-ethyl adjacent to an activating group) is 1. The van der Waals surface area contributed by atoms with Crippen molar-refractivity contribution in [2.75, 3.05) is 14.1 Å². The van der Waals surface area contributed by atoms with Gasteiger partial charge in [-0.05, 0) is 40.1 Å². The maximum atomic E-state index is 14.1. The van der Waals surface area contributed by atoms with Crippen molar-refractivity contribution in [2.24, 2.45) is 0 Å². The van der Waals surface area contributed by atoms with Gasteiger partial charge in [-0.25, -0.2) is 13.8 Å². The van der Waals surface area contributed by atoms with E-state index in [4.69, 9.17) is 11.6 Å². The van der Waals surface area contributed by atoms with E-state index in [1.54, 1.807) is 11.5 Å². The largest absolute Gasteiger partial charge is 0.323 e. The van der Waals surface area contributed by atoms with Gasteiger partial charge < -0.3 is 9.47 Å². The number of benzene rings is 1. The molecule has 110 valence electrons. The van der Waals surface area contributed by atoms with E-state index in [-0.39, 0.29) is 16.9 Å². The standard InChI is InChI=1S/C14H18ClF2N3/c1-8(19(3)4)7-20-13-11(18-14(20)9(2)15)6-5-10(16)12(13)17/h5-6,8-9H,7H2,1-4H3. The Kier molecular flexibility index (Phi) is 4.30. The first kappa shape index (κ1) is 15.2. The Balaban J connectivity index is 2.64. The van der Waals surface area contributed by atoms with E-state index in [9.17, 15) is 8.78 Å². The molecule has 0 N–H and O–H groups in total. The van der Waals surface area contributed by atoms with Gasteiger partial charge in [0.25, 0.3) is 0 Å². The van der Waals surface area contributed by atoms with Gasteiger partial charge in [0.05, 0.1) is 10.9 Å². The molecule has 0 saturated carbocycles. The van der Waals surface area contributed by atoms with Crippen LogP contribution in [0, 0.1) is 11.6 Å². The number of nitrogens with zero attached hydrogens (tertiary/aromatic N) is 3. The molecule has 0 spiro atoms. The van der Waals surface area contributed by atoms with Crippen molar-refractivity contribution in [3.63, 3.8) is 0 Å². The van der Waals surface area contributed by atoms with Crippen LogP contribution in [0.5, 0.6) is 0 Å². The maximum Gasteiger partial charge on any atom is 0.184 e. The quantitative estimate of drug-likeness (QED) is 0.805. The first-order valence-electron chi connectivity index (χ1n) is 6.47. The van der Waals surface area contributed by atoms with Crippen LogP contribution in [0.25, 0.3) is 11.0 Å². The number of imidazole rings is 1. The van der Waals surface area contributed by atoms with E-state index in [1.807, 2.05) is 25.9 Å². The third-order valence-corrected chi connectivity index (χ3v) is 3.71. The van der Waals surface area contributed by atoms with E-state index in [1.165, 1.54) is 6.07 Å². The molecule has 0 radical (unpaired) electrons. The summed E-state index contributed by atoms with van der Waals surface area (Å²) in [6.45, 7) is 4.27. The van der Waals surface area contributed by atoms with Gasteiger partial charge in [0.1, 0.15) is 11.3 Å². The van der Waals surface area contributed by atoms with Crippen LogP contribution in [0.1, 0.15) is 25.0 Å². The predicted molar refractivity (Wildman–Crippen MR) is 77.1 cm³/mol. The predicted octanol–water partition coefficient (Wildman–Crippen LogP) is 3.56. The fraction of sp³-hybridized carbons (Fsp3) is 0.500. The fourth-order valence-corrected chi connectivity index (χ4v) is 2.26. The molecule has 0 aliphatic carbocycles. The van der Waals surface area contributed by atoms with Crippen molar-refractivity contribution in [3.8, 4) is 0 Å².